The molecule has 0 aromatic carbocycles. The molecule has 3 nitrogen and oxygen atoms in total. The number of hydrogen-bond acceptors (Lipinski definition) is 2. The topological polar surface area (TPSA) is 33.6 Å². The molecule has 13 heavy (non-hydrogen) atoms. The fraction of sp³-hybridized carbons (Fsp3) is 0.778. The molecule has 74 valence electrons. The molecule has 4 heteroatoms. The van der Waals surface area contributed by atoms with Crippen LogP contribution in [-0.2, 0) is 13.0 Å². The summed E-state index contributed by atoms with van der Waals surface area (Å²) in [6, 6.07) is 0. The normalized spacial score (nSPS) is 11.1. The molecule has 0 aliphatic heterocycles. The lowest BCUT2D eigenvalue weighted by molar-refractivity contribution is 0.564. The first-order chi connectivity index (χ1) is 6.15. The van der Waals surface area contributed by atoms with Crippen molar-refractivity contribution < 1.29 is 0 Å². The lowest BCUT2D eigenvalue weighted by Gasteiger charge is -2.06. The summed E-state index contributed by atoms with van der Waals surface area (Å²) in [5, 5.41) is 7.06. The zero-order chi connectivity index (χ0) is 9.84. The Hall–Kier alpha value is -0.640. The van der Waals surface area contributed by atoms with Gasteiger partial charge in [-0.3, -0.25) is 5.10 Å². The van der Waals surface area contributed by atoms with Crippen LogP contribution in [0.25, 0.3) is 0 Å². The molecular weight excluding hydrogens is 182 g/mol. The van der Waals surface area contributed by atoms with Crippen LogP contribution in [0.15, 0.2) is 0 Å². The van der Waals surface area contributed by atoms with Gasteiger partial charge in [-0.2, -0.15) is 5.10 Å². The summed E-state index contributed by atoms with van der Waals surface area (Å²) in [5.74, 6) is 1.71. The van der Waals surface area contributed by atoms with Gasteiger partial charge in [-0.15, -0.1) is 0 Å². The van der Waals surface area contributed by atoms with Crippen LogP contribution in [0.4, 0.5) is 0 Å². The lowest BCUT2D eigenvalue weighted by atomic mass is 10.1. The second-order valence-electron chi connectivity index (χ2n) is 3.69. The van der Waals surface area contributed by atoms with Crippen molar-refractivity contribution in [2.45, 2.75) is 40.2 Å². The highest BCUT2D eigenvalue weighted by Crippen LogP contribution is 2.06. The Balaban J connectivity index is 2.87. The molecule has 0 amide bonds. The number of hydrogen-bond donors (Lipinski definition) is 1. The molecule has 0 aliphatic rings. The van der Waals surface area contributed by atoms with Gasteiger partial charge in [-0.25, -0.2) is 0 Å². The van der Waals surface area contributed by atoms with Crippen molar-refractivity contribution >= 4 is 12.2 Å². The summed E-state index contributed by atoms with van der Waals surface area (Å²) in [6.45, 7) is 7.49. The molecule has 0 unspecified atom stereocenters. The van der Waals surface area contributed by atoms with Crippen molar-refractivity contribution in [2.24, 2.45) is 5.92 Å². The average Bonchev–Trinajstić information content (AvgIpc) is 2.35. The van der Waals surface area contributed by atoms with Gasteiger partial charge < -0.3 is 4.57 Å². The smallest absolute Gasteiger partial charge is 0.195 e. The number of aromatic nitrogens is 3. The Morgan fingerprint density at radius 1 is 1.54 bits per heavy atom. The van der Waals surface area contributed by atoms with E-state index >= 15 is 0 Å². The van der Waals surface area contributed by atoms with Gasteiger partial charge in [0, 0.05) is 13.0 Å². The quantitative estimate of drug-likeness (QED) is 0.756. The largest absolute Gasteiger partial charge is 0.304 e. The molecule has 1 rings (SSSR count). The van der Waals surface area contributed by atoms with E-state index in [1.54, 1.807) is 0 Å². The molecular formula is C9H17N3S. The Morgan fingerprint density at radius 2 is 2.23 bits per heavy atom. The standard InChI is InChI=1S/C9H17N3S/c1-4-5-12-8(6-7(2)3)10-11-9(12)13/h7H,4-6H2,1-3H3,(H,11,13). The van der Waals surface area contributed by atoms with E-state index in [2.05, 4.69) is 35.5 Å². The highest BCUT2D eigenvalue weighted by Gasteiger charge is 2.06. The van der Waals surface area contributed by atoms with Gasteiger partial charge in [0.2, 0.25) is 0 Å². The number of nitrogens with one attached hydrogen (secondary N) is 1. The molecule has 0 radical (unpaired) electrons. The van der Waals surface area contributed by atoms with Crippen molar-refractivity contribution in [1.82, 2.24) is 14.8 Å². The van der Waals surface area contributed by atoms with Gasteiger partial charge in [-0.1, -0.05) is 20.8 Å². The van der Waals surface area contributed by atoms with Crippen LogP contribution >= 0.6 is 12.2 Å². The summed E-state index contributed by atoms with van der Waals surface area (Å²) >= 11 is 5.14. The molecule has 0 spiro atoms. The summed E-state index contributed by atoms with van der Waals surface area (Å²) < 4.78 is 2.84. The molecule has 0 fully saturated rings. The molecule has 0 atom stereocenters. The van der Waals surface area contributed by atoms with Gasteiger partial charge in [-0.05, 0) is 24.6 Å². The van der Waals surface area contributed by atoms with E-state index in [-0.39, 0.29) is 0 Å². The Morgan fingerprint density at radius 3 is 2.77 bits per heavy atom. The van der Waals surface area contributed by atoms with Crippen LogP contribution in [0, 0.1) is 10.7 Å². The number of aromatic amines is 1. The first kappa shape index (κ1) is 10.4. The predicted octanol–water partition coefficient (Wildman–Crippen LogP) is 2.55. The van der Waals surface area contributed by atoms with Crippen LogP contribution in [0.3, 0.4) is 0 Å². The molecule has 0 bridgehead atoms. The van der Waals surface area contributed by atoms with Crippen molar-refractivity contribution in [3.05, 3.63) is 10.6 Å². The predicted molar refractivity (Wildman–Crippen MR) is 56.2 cm³/mol. The van der Waals surface area contributed by atoms with Crippen molar-refractivity contribution in [2.75, 3.05) is 0 Å². The van der Waals surface area contributed by atoms with E-state index in [4.69, 9.17) is 12.2 Å². The second-order valence-corrected chi connectivity index (χ2v) is 4.08. The number of rotatable bonds is 4. The summed E-state index contributed by atoms with van der Waals surface area (Å²) in [4.78, 5) is 0. The van der Waals surface area contributed by atoms with Gasteiger partial charge >= 0.3 is 0 Å². The molecule has 1 heterocycles. The minimum absolute atomic E-state index is 0.626. The van der Waals surface area contributed by atoms with E-state index in [1.165, 1.54) is 0 Å². The van der Waals surface area contributed by atoms with Crippen LogP contribution in [0.1, 0.15) is 33.0 Å². The minimum atomic E-state index is 0.626. The SMILES string of the molecule is CCCn1c(CC(C)C)n[nH]c1=S. The fourth-order valence-corrected chi connectivity index (χ4v) is 1.57. The van der Waals surface area contributed by atoms with E-state index in [1.807, 2.05) is 0 Å². The van der Waals surface area contributed by atoms with Gasteiger partial charge in [0.15, 0.2) is 4.77 Å². The van der Waals surface area contributed by atoms with E-state index < -0.39 is 0 Å². The van der Waals surface area contributed by atoms with Crippen LogP contribution in [0.5, 0.6) is 0 Å². The summed E-state index contributed by atoms with van der Waals surface area (Å²) in [7, 11) is 0. The first-order valence-corrected chi connectivity index (χ1v) is 5.20. The lowest BCUT2D eigenvalue weighted by Crippen LogP contribution is -2.06. The highest BCUT2D eigenvalue weighted by atomic mass is 32.1. The Bertz CT molecular complexity index is 311. The second kappa shape index (κ2) is 4.56. The zero-order valence-electron chi connectivity index (χ0n) is 8.50. The summed E-state index contributed by atoms with van der Waals surface area (Å²) in [6.07, 6.45) is 2.09. The highest BCUT2D eigenvalue weighted by molar-refractivity contribution is 7.71. The third-order valence-corrected chi connectivity index (χ3v) is 2.19. The van der Waals surface area contributed by atoms with E-state index in [0.29, 0.717) is 5.92 Å². The van der Waals surface area contributed by atoms with Crippen LogP contribution < -0.4 is 0 Å². The number of H-pyrrole nitrogens is 1. The fourth-order valence-electron chi connectivity index (χ4n) is 1.33. The molecule has 0 aliphatic carbocycles. The number of nitrogens with zero attached hydrogens (tertiary/aromatic N) is 2. The van der Waals surface area contributed by atoms with Crippen LogP contribution in [-0.4, -0.2) is 14.8 Å². The maximum atomic E-state index is 5.14. The molecule has 0 saturated heterocycles. The molecule has 1 aromatic rings. The maximum absolute atomic E-state index is 5.14. The Labute approximate surface area is 84.2 Å². The molecule has 0 saturated carbocycles. The first-order valence-electron chi connectivity index (χ1n) is 4.79. The maximum Gasteiger partial charge on any atom is 0.195 e. The van der Waals surface area contributed by atoms with Gasteiger partial charge in [0.05, 0.1) is 0 Å². The average molecular weight is 199 g/mol. The Kier molecular flexibility index (Phi) is 3.66. The zero-order valence-corrected chi connectivity index (χ0v) is 9.32. The van der Waals surface area contributed by atoms with Crippen molar-refractivity contribution in [1.29, 1.82) is 0 Å². The van der Waals surface area contributed by atoms with E-state index in [9.17, 15) is 0 Å². The molecule has 1 N–H and O–H groups in total. The monoisotopic (exact) mass is 199 g/mol. The van der Waals surface area contributed by atoms with Crippen molar-refractivity contribution in [3.8, 4) is 0 Å². The third-order valence-electron chi connectivity index (χ3n) is 1.88. The van der Waals surface area contributed by atoms with Crippen LogP contribution in [0.2, 0.25) is 0 Å². The van der Waals surface area contributed by atoms with Crippen molar-refractivity contribution in [3.63, 3.8) is 0 Å². The minimum Gasteiger partial charge on any atom is -0.304 e. The van der Waals surface area contributed by atoms with Gasteiger partial charge in [0.25, 0.3) is 0 Å². The van der Waals surface area contributed by atoms with Gasteiger partial charge in [0.1, 0.15) is 5.82 Å². The van der Waals surface area contributed by atoms with E-state index in [0.717, 1.165) is 30.0 Å². The third kappa shape index (κ3) is 2.66. The summed E-state index contributed by atoms with van der Waals surface area (Å²) in [5.41, 5.74) is 0. The molecule has 1 aromatic heterocycles.